The van der Waals surface area contributed by atoms with Gasteiger partial charge in [0.05, 0.1) is 4.88 Å². The van der Waals surface area contributed by atoms with Gasteiger partial charge in [-0.05, 0) is 11.4 Å². The molecule has 0 spiro atoms. The Hall–Kier alpha value is -1.77. The standard InChI is InChI=1S/C14H16N4O2S2/c15-8-12-16-10(9-22-12)13(19)17-3-5-18(6-4-17)14(20)11-2-1-7-21-11/h1-2,7,9H,3-6,8,15H2. The molecule has 0 unspecified atom stereocenters. The van der Waals surface area contributed by atoms with Gasteiger partial charge in [-0.25, -0.2) is 4.98 Å². The zero-order valence-electron chi connectivity index (χ0n) is 11.9. The van der Waals surface area contributed by atoms with E-state index in [1.54, 1.807) is 15.2 Å². The maximum Gasteiger partial charge on any atom is 0.273 e. The number of nitrogens with zero attached hydrogens (tertiary/aromatic N) is 3. The summed E-state index contributed by atoms with van der Waals surface area (Å²) in [6.07, 6.45) is 0. The number of nitrogens with two attached hydrogens (primary N) is 1. The van der Waals surface area contributed by atoms with Crippen LogP contribution in [0.4, 0.5) is 0 Å². The molecule has 22 heavy (non-hydrogen) atoms. The number of amides is 2. The summed E-state index contributed by atoms with van der Waals surface area (Å²) < 4.78 is 0. The van der Waals surface area contributed by atoms with Gasteiger partial charge in [-0.15, -0.1) is 22.7 Å². The fraction of sp³-hybridized carbons (Fsp3) is 0.357. The van der Waals surface area contributed by atoms with E-state index in [4.69, 9.17) is 5.73 Å². The minimum absolute atomic E-state index is 0.0428. The molecule has 1 aliphatic heterocycles. The summed E-state index contributed by atoms with van der Waals surface area (Å²) in [4.78, 5) is 33.1. The Labute approximate surface area is 136 Å². The number of carbonyl (C=O) groups excluding carboxylic acids is 2. The van der Waals surface area contributed by atoms with E-state index >= 15 is 0 Å². The predicted molar refractivity (Wildman–Crippen MR) is 86.1 cm³/mol. The lowest BCUT2D eigenvalue weighted by Gasteiger charge is -2.34. The number of aromatic nitrogens is 1. The summed E-state index contributed by atoms with van der Waals surface area (Å²) in [5.74, 6) is -0.0413. The van der Waals surface area contributed by atoms with E-state index in [0.29, 0.717) is 38.4 Å². The van der Waals surface area contributed by atoms with Crippen molar-refractivity contribution in [3.8, 4) is 0 Å². The van der Waals surface area contributed by atoms with E-state index in [9.17, 15) is 9.59 Å². The van der Waals surface area contributed by atoms with Crippen molar-refractivity contribution in [2.75, 3.05) is 26.2 Å². The van der Waals surface area contributed by atoms with Gasteiger partial charge in [-0.3, -0.25) is 9.59 Å². The zero-order valence-corrected chi connectivity index (χ0v) is 13.5. The molecule has 0 bridgehead atoms. The Morgan fingerprint density at radius 1 is 1.14 bits per heavy atom. The first-order chi connectivity index (χ1) is 10.7. The maximum atomic E-state index is 12.4. The minimum Gasteiger partial charge on any atom is -0.334 e. The smallest absolute Gasteiger partial charge is 0.273 e. The average Bonchev–Trinajstić information content (AvgIpc) is 3.25. The Morgan fingerprint density at radius 2 is 1.82 bits per heavy atom. The third-order valence-corrected chi connectivity index (χ3v) is 5.26. The summed E-state index contributed by atoms with van der Waals surface area (Å²) in [6, 6.07) is 3.70. The molecule has 3 heterocycles. The van der Waals surface area contributed by atoms with Gasteiger partial charge in [-0.2, -0.15) is 0 Å². The van der Waals surface area contributed by atoms with Crippen molar-refractivity contribution >= 4 is 34.5 Å². The molecule has 6 nitrogen and oxygen atoms in total. The number of rotatable bonds is 3. The quantitative estimate of drug-likeness (QED) is 0.915. The van der Waals surface area contributed by atoms with Crippen molar-refractivity contribution < 1.29 is 9.59 Å². The highest BCUT2D eigenvalue weighted by molar-refractivity contribution is 7.12. The third-order valence-electron chi connectivity index (χ3n) is 3.53. The number of thiazole rings is 1. The lowest BCUT2D eigenvalue weighted by Crippen LogP contribution is -2.50. The summed E-state index contributed by atoms with van der Waals surface area (Å²) in [6.45, 7) is 2.52. The topological polar surface area (TPSA) is 79.5 Å². The molecule has 2 aromatic rings. The fourth-order valence-electron chi connectivity index (χ4n) is 2.33. The summed E-state index contributed by atoms with van der Waals surface area (Å²) in [5, 5.41) is 4.40. The second-order valence-corrected chi connectivity index (χ2v) is 6.78. The van der Waals surface area contributed by atoms with Crippen LogP contribution in [0.1, 0.15) is 25.2 Å². The van der Waals surface area contributed by atoms with Crippen molar-refractivity contribution in [1.29, 1.82) is 0 Å². The van der Waals surface area contributed by atoms with E-state index in [2.05, 4.69) is 4.98 Å². The first-order valence-electron chi connectivity index (χ1n) is 6.95. The lowest BCUT2D eigenvalue weighted by molar-refractivity contribution is 0.0535. The average molecular weight is 336 g/mol. The Bertz CT molecular complexity index is 660. The maximum absolute atomic E-state index is 12.4. The SMILES string of the molecule is NCc1nc(C(=O)N2CCN(C(=O)c3cccs3)CC2)cs1. The first-order valence-corrected chi connectivity index (χ1v) is 8.71. The molecule has 0 aliphatic carbocycles. The van der Waals surface area contributed by atoms with Gasteiger partial charge in [0.25, 0.3) is 11.8 Å². The van der Waals surface area contributed by atoms with E-state index in [1.807, 2.05) is 17.5 Å². The molecule has 1 fully saturated rings. The molecule has 8 heteroatoms. The zero-order chi connectivity index (χ0) is 15.5. The first kappa shape index (κ1) is 15.1. The number of carbonyl (C=O) groups is 2. The molecular weight excluding hydrogens is 320 g/mol. The van der Waals surface area contributed by atoms with Crippen molar-refractivity contribution in [2.45, 2.75) is 6.54 Å². The van der Waals surface area contributed by atoms with Crippen molar-refractivity contribution in [3.05, 3.63) is 38.5 Å². The van der Waals surface area contributed by atoms with Gasteiger partial charge in [0.15, 0.2) is 0 Å². The molecular formula is C14H16N4O2S2. The molecule has 1 aliphatic rings. The fourth-order valence-corrected chi connectivity index (χ4v) is 3.67. The normalized spacial score (nSPS) is 15.1. The number of hydrogen-bond donors (Lipinski definition) is 1. The van der Waals surface area contributed by atoms with Crippen LogP contribution in [0.3, 0.4) is 0 Å². The number of thiophene rings is 1. The third kappa shape index (κ3) is 3.03. The second kappa shape index (κ2) is 6.55. The molecule has 2 aromatic heterocycles. The monoisotopic (exact) mass is 336 g/mol. The van der Waals surface area contributed by atoms with Crippen molar-refractivity contribution in [3.63, 3.8) is 0 Å². The van der Waals surface area contributed by atoms with Crippen LogP contribution in [0.25, 0.3) is 0 Å². The van der Waals surface area contributed by atoms with Gasteiger partial charge < -0.3 is 15.5 Å². The predicted octanol–water partition coefficient (Wildman–Crippen LogP) is 1.26. The number of piperazine rings is 1. The highest BCUT2D eigenvalue weighted by Crippen LogP contribution is 2.16. The largest absolute Gasteiger partial charge is 0.334 e. The molecule has 116 valence electrons. The van der Waals surface area contributed by atoms with Gasteiger partial charge in [-0.1, -0.05) is 6.07 Å². The van der Waals surface area contributed by atoms with E-state index in [0.717, 1.165) is 9.88 Å². The van der Waals surface area contributed by atoms with Crippen LogP contribution < -0.4 is 5.73 Å². The molecule has 2 amide bonds. The molecule has 3 rings (SSSR count). The summed E-state index contributed by atoms with van der Waals surface area (Å²) in [7, 11) is 0. The van der Waals surface area contributed by atoms with E-state index in [-0.39, 0.29) is 11.8 Å². The number of hydrogen-bond acceptors (Lipinski definition) is 6. The highest BCUT2D eigenvalue weighted by atomic mass is 32.1. The lowest BCUT2D eigenvalue weighted by atomic mass is 10.2. The van der Waals surface area contributed by atoms with Gasteiger partial charge in [0.1, 0.15) is 10.7 Å². The molecule has 0 radical (unpaired) electrons. The van der Waals surface area contributed by atoms with Gasteiger partial charge in [0, 0.05) is 38.1 Å². The second-order valence-electron chi connectivity index (χ2n) is 4.89. The van der Waals surface area contributed by atoms with E-state index < -0.39 is 0 Å². The van der Waals surface area contributed by atoms with Crippen LogP contribution in [0, 0.1) is 0 Å². The molecule has 2 N–H and O–H groups in total. The summed E-state index contributed by atoms with van der Waals surface area (Å²) >= 11 is 2.84. The van der Waals surface area contributed by atoms with Crippen molar-refractivity contribution in [2.24, 2.45) is 5.73 Å². The Kier molecular flexibility index (Phi) is 4.51. The molecule has 0 aromatic carbocycles. The van der Waals surface area contributed by atoms with Crippen LogP contribution in [0.15, 0.2) is 22.9 Å². The summed E-state index contributed by atoms with van der Waals surface area (Å²) in [5.41, 5.74) is 5.97. The van der Waals surface area contributed by atoms with E-state index in [1.165, 1.54) is 22.7 Å². The highest BCUT2D eigenvalue weighted by Gasteiger charge is 2.26. The Morgan fingerprint density at radius 3 is 2.36 bits per heavy atom. The van der Waals surface area contributed by atoms with Crippen molar-refractivity contribution in [1.82, 2.24) is 14.8 Å². The van der Waals surface area contributed by atoms with Crippen LogP contribution in [-0.4, -0.2) is 52.8 Å². The minimum atomic E-state index is -0.0841. The van der Waals surface area contributed by atoms with Gasteiger partial charge >= 0.3 is 0 Å². The van der Waals surface area contributed by atoms with Gasteiger partial charge in [0.2, 0.25) is 0 Å². The molecule has 0 saturated carbocycles. The van der Waals surface area contributed by atoms with Crippen LogP contribution in [0.2, 0.25) is 0 Å². The Balaban J connectivity index is 1.59. The molecule has 0 atom stereocenters. The van der Waals surface area contributed by atoms with Crippen LogP contribution in [0.5, 0.6) is 0 Å². The van der Waals surface area contributed by atoms with Crippen LogP contribution in [-0.2, 0) is 6.54 Å². The molecule has 1 saturated heterocycles. The van der Waals surface area contributed by atoms with Crippen LogP contribution >= 0.6 is 22.7 Å².